The third-order valence-electron chi connectivity index (χ3n) is 4.38. The van der Waals surface area contributed by atoms with Crippen molar-refractivity contribution in [3.8, 4) is 11.9 Å². The van der Waals surface area contributed by atoms with E-state index in [0.29, 0.717) is 11.4 Å². The first-order chi connectivity index (χ1) is 13.7. The number of nitriles is 1. The SMILES string of the molecule is CC1C(Oc2ccc(C#N)cn2)=CC=CC1=C1CCNCC1.O=C(O)C(F)(F)F. The predicted molar refractivity (Wildman–Crippen MR) is 98.8 cm³/mol. The lowest BCUT2D eigenvalue weighted by molar-refractivity contribution is -0.192. The van der Waals surface area contributed by atoms with Gasteiger partial charge in [-0.05, 0) is 43.6 Å². The zero-order valence-electron chi connectivity index (χ0n) is 15.7. The number of nitrogens with zero attached hydrogens (tertiary/aromatic N) is 2. The van der Waals surface area contributed by atoms with Gasteiger partial charge in [-0.2, -0.15) is 18.4 Å². The Morgan fingerprint density at radius 2 is 2.00 bits per heavy atom. The second-order valence-electron chi connectivity index (χ2n) is 6.36. The van der Waals surface area contributed by atoms with E-state index < -0.39 is 12.1 Å². The second kappa shape index (κ2) is 9.89. The normalized spacial score (nSPS) is 18.9. The number of carboxylic acids is 1. The third kappa shape index (κ3) is 6.47. The number of piperidine rings is 1. The Morgan fingerprint density at radius 3 is 2.52 bits per heavy atom. The fraction of sp³-hybridized carbons (Fsp3) is 0.350. The first-order valence-electron chi connectivity index (χ1n) is 8.87. The van der Waals surface area contributed by atoms with Crippen LogP contribution in [0.25, 0.3) is 0 Å². The lowest BCUT2D eigenvalue weighted by Gasteiger charge is -2.26. The molecule has 1 aliphatic carbocycles. The molecular weight excluding hydrogens is 387 g/mol. The number of alkyl halides is 3. The van der Waals surface area contributed by atoms with Gasteiger partial charge in [-0.3, -0.25) is 0 Å². The topological polar surface area (TPSA) is 95.2 Å². The summed E-state index contributed by atoms with van der Waals surface area (Å²) in [6.45, 7) is 4.27. The molecule has 2 N–H and O–H groups in total. The molecule has 0 saturated carbocycles. The smallest absolute Gasteiger partial charge is 0.475 e. The maximum Gasteiger partial charge on any atom is 0.490 e. The van der Waals surface area contributed by atoms with E-state index in [1.807, 2.05) is 12.2 Å². The monoisotopic (exact) mass is 407 g/mol. The highest BCUT2D eigenvalue weighted by Crippen LogP contribution is 2.32. The largest absolute Gasteiger partial charge is 0.490 e. The highest BCUT2D eigenvalue weighted by atomic mass is 19.4. The molecule has 1 unspecified atom stereocenters. The number of aliphatic carboxylic acids is 1. The number of nitrogens with one attached hydrogen (secondary N) is 1. The Kier molecular flexibility index (Phi) is 7.56. The molecule has 2 aliphatic rings. The highest BCUT2D eigenvalue weighted by molar-refractivity contribution is 5.73. The summed E-state index contributed by atoms with van der Waals surface area (Å²) in [7, 11) is 0. The van der Waals surface area contributed by atoms with Gasteiger partial charge in [0.25, 0.3) is 0 Å². The van der Waals surface area contributed by atoms with E-state index in [1.165, 1.54) is 17.3 Å². The van der Waals surface area contributed by atoms with E-state index in [1.54, 1.807) is 12.1 Å². The molecule has 0 radical (unpaired) electrons. The van der Waals surface area contributed by atoms with Crippen LogP contribution in [-0.2, 0) is 4.79 Å². The number of hydrogen-bond acceptors (Lipinski definition) is 5. The van der Waals surface area contributed by atoms with Gasteiger partial charge >= 0.3 is 12.1 Å². The number of hydrogen-bond donors (Lipinski definition) is 2. The number of carboxylic acid groups (broad SMARTS) is 1. The minimum Gasteiger partial charge on any atom is -0.475 e. The van der Waals surface area contributed by atoms with Crippen molar-refractivity contribution in [2.75, 3.05) is 13.1 Å². The molecule has 0 spiro atoms. The zero-order valence-corrected chi connectivity index (χ0v) is 15.7. The van der Waals surface area contributed by atoms with Gasteiger partial charge in [-0.15, -0.1) is 0 Å². The molecule has 0 amide bonds. The van der Waals surface area contributed by atoms with Gasteiger partial charge in [-0.25, -0.2) is 9.78 Å². The van der Waals surface area contributed by atoms with Crippen molar-refractivity contribution in [2.45, 2.75) is 25.9 Å². The molecule has 3 rings (SSSR count). The summed E-state index contributed by atoms with van der Waals surface area (Å²) in [4.78, 5) is 13.1. The van der Waals surface area contributed by atoms with Crippen molar-refractivity contribution in [3.63, 3.8) is 0 Å². The maximum atomic E-state index is 10.6. The maximum absolute atomic E-state index is 10.6. The van der Waals surface area contributed by atoms with Crippen molar-refractivity contribution >= 4 is 5.97 Å². The summed E-state index contributed by atoms with van der Waals surface area (Å²) in [5, 5.41) is 19.3. The average molecular weight is 407 g/mol. The minimum atomic E-state index is -5.08. The van der Waals surface area contributed by atoms with Crippen molar-refractivity contribution in [1.29, 1.82) is 5.26 Å². The van der Waals surface area contributed by atoms with Crippen LogP contribution in [0.2, 0.25) is 0 Å². The van der Waals surface area contributed by atoms with Crippen LogP contribution in [-0.4, -0.2) is 35.3 Å². The Hall–Kier alpha value is -3.12. The van der Waals surface area contributed by atoms with Crippen molar-refractivity contribution < 1.29 is 27.8 Å². The van der Waals surface area contributed by atoms with E-state index >= 15 is 0 Å². The zero-order chi connectivity index (χ0) is 21.4. The first kappa shape index (κ1) is 22.2. The van der Waals surface area contributed by atoms with Crippen LogP contribution in [0, 0.1) is 17.2 Å². The van der Waals surface area contributed by atoms with Gasteiger partial charge in [0.2, 0.25) is 5.88 Å². The highest BCUT2D eigenvalue weighted by Gasteiger charge is 2.38. The van der Waals surface area contributed by atoms with Gasteiger partial charge in [0.1, 0.15) is 11.8 Å². The van der Waals surface area contributed by atoms with E-state index in [2.05, 4.69) is 29.4 Å². The fourth-order valence-electron chi connectivity index (χ4n) is 2.88. The molecule has 1 saturated heterocycles. The minimum absolute atomic E-state index is 0.232. The fourth-order valence-corrected chi connectivity index (χ4v) is 2.88. The number of aromatic nitrogens is 1. The van der Waals surface area contributed by atoms with Gasteiger partial charge in [-0.1, -0.05) is 24.6 Å². The molecule has 29 heavy (non-hydrogen) atoms. The quantitative estimate of drug-likeness (QED) is 0.776. The molecule has 1 aliphatic heterocycles. The molecule has 9 heteroatoms. The summed E-state index contributed by atoms with van der Waals surface area (Å²) in [6.07, 6.45) is 4.90. The van der Waals surface area contributed by atoms with Crippen molar-refractivity contribution in [3.05, 3.63) is 59.0 Å². The Morgan fingerprint density at radius 1 is 1.34 bits per heavy atom. The first-order valence-corrected chi connectivity index (χ1v) is 8.87. The molecular formula is C20H20F3N3O3. The average Bonchev–Trinajstić information content (AvgIpc) is 2.70. The molecule has 0 aromatic carbocycles. The molecule has 1 atom stereocenters. The third-order valence-corrected chi connectivity index (χ3v) is 4.38. The lowest BCUT2D eigenvalue weighted by atomic mass is 9.87. The molecule has 6 nitrogen and oxygen atoms in total. The van der Waals surface area contributed by atoms with Crippen LogP contribution in [0.4, 0.5) is 13.2 Å². The number of pyridine rings is 1. The van der Waals surface area contributed by atoms with Gasteiger partial charge in [0.05, 0.1) is 5.56 Å². The summed E-state index contributed by atoms with van der Waals surface area (Å²) in [5.41, 5.74) is 3.42. The van der Waals surface area contributed by atoms with E-state index in [-0.39, 0.29) is 5.92 Å². The van der Waals surface area contributed by atoms with Crippen molar-refractivity contribution in [1.82, 2.24) is 10.3 Å². The summed E-state index contributed by atoms with van der Waals surface area (Å²) in [5.74, 6) is -1.09. The molecule has 1 aromatic rings. The lowest BCUT2D eigenvalue weighted by Crippen LogP contribution is -2.25. The standard InChI is InChI=1S/C18H19N3O.C2HF3O2/c1-13-16(15-7-9-20-10-8-15)3-2-4-17(13)22-18-6-5-14(11-19)12-21-18;3-2(4,5)1(6)7/h2-6,12-13,20H,7-10H2,1H3;(H,6,7). The molecule has 1 aromatic heterocycles. The Bertz CT molecular complexity index is 858. The Balaban J connectivity index is 0.000000370. The number of carbonyl (C=O) groups is 1. The van der Waals surface area contributed by atoms with E-state index in [9.17, 15) is 13.2 Å². The van der Waals surface area contributed by atoms with Gasteiger partial charge in [0.15, 0.2) is 0 Å². The number of allylic oxidation sites excluding steroid dienone is 4. The van der Waals surface area contributed by atoms with Gasteiger partial charge < -0.3 is 15.2 Å². The van der Waals surface area contributed by atoms with Crippen LogP contribution in [0.5, 0.6) is 5.88 Å². The number of ether oxygens (including phenoxy) is 1. The van der Waals surface area contributed by atoms with Crippen LogP contribution in [0.15, 0.2) is 53.5 Å². The summed E-state index contributed by atoms with van der Waals surface area (Å²) < 4.78 is 37.7. The predicted octanol–water partition coefficient (Wildman–Crippen LogP) is 3.74. The van der Waals surface area contributed by atoms with Gasteiger partial charge in [0, 0.05) is 18.2 Å². The molecule has 0 bridgehead atoms. The van der Waals surface area contributed by atoms with E-state index in [0.717, 1.165) is 31.7 Å². The molecule has 2 heterocycles. The van der Waals surface area contributed by atoms with Crippen LogP contribution >= 0.6 is 0 Å². The molecule has 1 fully saturated rings. The second-order valence-corrected chi connectivity index (χ2v) is 6.36. The summed E-state index contributed by atoms with van der Waals surface area (Å²) >= 11 is 0. The summed E-state index contributed by atoms with van der Waals surface area (Å²) in [6, 6.07) is 5.52. The Labute approximate surface area is 166 Å². The van der Waals surface area contributed by atoms with Crippen LogP contribution in [0.1, 0.15) is 25.3 Å². The van der Waals surface area contributed by atoms with Crippen LogP contribution < -0.4 is 10.1 Å². The molecule has 154 valence electrons. The van der Waals surface area contributed by atoms with Crippen LogP contribution in [0.3, 0.4) is 0 Å². The number of rotatable bonds is 2. The number of halogens is 3. The van der Waals surface area contributed by atoms with Crippen molar-refractivity contribution in [2.24, 2.45) is 5.92 Å². The van der Waals surface area contributed by atoms with E-state index in [4.69, 9.17) is 19.9 Å².